The zero-order valence-corrected chi connectivity index (χ0v) is 9.34. The molecule has 2 atom stereocenters. The van der Waals surface area contributed by atoms with Gasteiger partial charge in [0.1, 0.15) is 0 Å². The summed E-state index contributed by atoms with van der Waals surface area (Å²) < 4.78 is 0. The highest BCUT2D eigenvalue weighted by atomic mass is 31.0. The molecule has 1 aromatic carbocycles. The second-order valence-electron chi connectivity index (χ2n) is 3.70. The summed E-state index contributed by atoms with van der Waals surface area (Å²) >= 11 is 0. The van der Waals surface area contributed by atoms with Crippen LogP contribution in [0.15, 0.2) is 54.1 Å². The predicted octanol–water partition coefficient (Wildman–Crippen LogP) is 3.36. The van der Waals surface area contributed by atoms with Gasteiger partial charge >= 0.3 is 0 Å². The van der Waals surface area contributed by atoms with E-state index in [2.05, 4.69) is 57.8 Å². The first-order valence-electron chi connectivity index (χ1n) is 5.01. The maximum atomic E-state index is 2.84. The van der Waals surface area contributed by atoms with Crippen molar-refractivity contribution < 1.29 is 0 Å². The third-order valence-corrected chi connectivity index (χ3v) is 2.96. The van der Waals surface area contributed by atoms with Gasteiger partial charge in [-0.3, -0.25) is 0 Å². The van der Waals surface area contributed by atoms with Gasteiger partial charge < -0.3 is 0 Å². The van der Waals surface area contributed by atoms with Gasteiger partial charge in [0.05, 0.1) is 0 Å². The van der Waals surface area contributed by atoms with E-state index >= 15 is 0 Å². The number of hydrogen-bond donors (Lipinski definition) is 0. The molecule has 0 spiro atoms. The Labute approximate surface area is 87.9 Å². The predicted molar refractivity (Wildman–Crippen MR) is 65.5 cm³/mol. The van der Waals surface area contributed by atoms with Gasteiger partial charge in [-0.2, -0.15) is 0 Å². The largest absolute Gasteiger partial charge is 0.130 e. The SMILES string of the molecule is PC1C=CC(Cc2ccccc2)=CC1. The highest BCUT2D eigenvalue weighted by Crippen LogP contribution is 2.19. The summed E-state index contributed by atoms with van der Waals surface area (Å²) in [5.74, 6) is 0. The molecule has 0 heterocycles. The fourth-order valence-corrected chi connectivity index (χ4v) is 1.89. The molecule has 0 saturated heterocycles. The van der Waals surface area contributed by atoms with Crippen LogP contribution in [0.2, 0.25) is 0 Å². The van der Waals surface area contributed by atoms with Crippen LogP contribution in [0.4, 0.5) is 0 Å². The lowest BCUT2D eigenvalue weighted by Gasteiger charge is -2.11. The topological polar surface area (TPSA) is 0 Å². The van der Waals surface area contributed by atoms with Crippen molar-refractivity contribution in [3.8, 4) is 0 Å². The minimum absolute atomic E-state index is 0.634. The summed E-state index contributed by atoms with van der Waals surface area (Å²) in [5, 5.41) is 0. The van der Waals surface area contributed by atoms with Crippen LogP contribution >= 0.6 is 9.24 Å². The molecule has 1 heteroatoms. The maximum Gasteiger partial charge on any atom is -0.00290 e. The van der Waals surface area contributed by atoms with E-state index in [4.69, 9.17) is 0 Å². The van der Waals surface area contributed by atoms with Gasteiger partial charge in [0.2, 0.25) is 0 Å². The normalized spacial score (nSPS) is 20.6. The smallest absolute Gasteiger partial charge is 0.00290 e. The average molecular weight is 202 g/mol. The van der Waals surface area contributed by atoms with Crippen molar-refractivity contribution in [1.82, 2.24) is 0 Å². The van der Waals surface area contributed by atoms with Crippen molar-refractivity contribution in [3.05, 3.63) is 59.7 Å². The fourth-order valence-electron chi connectivity index (χ4n) is 1.64. The molecule has 0 aromatic heterocycles. The molecule has 72 valence electrons. The molecule has 2 unspecified atom stereocenters. The number of rotatable bonds is 2. The molecule has 0 bridgehead atoms. The van der Waals surface area contributed by atoms with Gasteiger partial charge in [-0.05, 0) is 29.6 Å². The first-order valence-corrected chi connectivity index (χ1v) is 5.68. The van der Waals surface area contributed by atoms with Gasteiger partial charge in [0.15, 0.2) is 0 Å². The second-order valence-corrected chi connectivity index (χ2v) is 4.56. The highest BCUT2D eigenvalue weighted by Gasteiger charge is 2.03. The Hall–Kier alpha value is -0.870. The standard InChI is InChI=1S/C13H15P/c14-13-8-6-12(7-9-13)10-11-4-2-1-3-5-11/h1-8,13H,9-10,14H2. The maximum absolute atomic E-state index is 2.84. The number of benzene rings is 1. The summed E-state index contributed by atoms with van der Waals surface area (Å²) in [7, 11) is 2.84. The Morgan fingerprint density at radius 1 is 1.21 bits per heavy atom. The minimum Gasteiger partial charge on any atom is -0.130 e. The van der Waals surface area contributed by atoms with E-state index in [0.29, 0.717) is 5.66 Å². The van der Waals surface area contributed by atoms with E-state index in [-0.39, 0.29) is 0 Å². The molecular weight excluding hydrogens is 187 g/mol. The average Bonchev–Trinajstić information content (AvgIpc) is 2.23. The summed E-state index contributed by atoms with van der Waals surface area (Å²) in [6.07, 6.45) is 9.07. The zero-order chi connectivity index (χ0) is 9.80. The number of allylic oxidation sites excluding steroid dienone is 4. The summed E-state index contributed by atoms with van der Waals surface area (Å²) in [6.45, 7) is 0. The van der Waals surface area contributed by atoms with Crippen molar-refractivity contribution in [1.29, 1.82) is 0 Å². The van der Waals surface area contributed by atoms with Crippen LogP contribution in [-0.2, 0) is 6.42 Å². The van der Waals surface area contributed by atoms with Gasteiger partial charge in [0.25, 0.3) is 0 Å². The molecule has 14 heavy (non-hydrogen) atoms. The Morgan fingerprint density at radius 3 is 2.64 bits per heavy atom. The van der Waals surface area contributed by atoms with Gasteiger partial charge in [-0.1, -0.05) is 48.6 Å². The van der Waals surface area contributed by atoms with E-state index in [1.165, 1.54) is 11.1 Å². The van der Waals surface area contributed by atoms with Crippen molar-refractivity contribution in [2.45, 2.75) is 18.5 Å². The molecule has 0 aliphatic heterocycles. The van der Waals surface area contributed by atoms with E-state index in [9.17, 15) is 0 Å². The van der Waals surface area contributed by atoms with Crippen molar-refractivity contribution >= 4 is 9.24 Å². The van der Waals surface area contributed by atoms with Crippen molar-refractivity contribution in [2.24, 2.45) is 0 Å². The van der Waals surface area contributed by atoms with Gasteiger partial charge in [-0.25, -0.2) is 0 Å². The molecule has 0 nitrogen and oxygen atoms in total. The molecule has 0 fully saturated rings. The van der Waals surface area contributed by atoms with Crippen molar-refractivity contribution in [2.75, 3.05) is 0 Å². The Kier molecular flexibility index (Phi) is 3.16. The van der Waals surface area contributed by atoms with E-state index in [1.807, 2.05) is 0 Å². The van der Waals surface area contributed by atoms with Crippen LogP contribution in [0.1, 0.15) is 12.0 Å². The molecule has 1 aliphatic rings. The molecule has 0 radical (unpaired) electrons. The quantitative estimate of drug-likeness (QED) is 0.645. The molecule has 2 rings (SSSR count). The van der Waals surface area contributed by atoms with E-state index in [1.54, 1.807) is 0 Å². The lowest BCUT2D eigenvalue weighted by molar-refractivity contribution is 1.01. The minimum atomic E-state index is 0.634. The van der Waals surface area contributed by atoms with Crippen LogP contribution in [0.25, 0.3) is 0 Å². The summed E-state index contributed by atoms with van der Waals surface area (Å²) in [6, 6.07) is 10.6. The van der Waals surface area contributed by atoms with Crippen molar-refractivity contribution in [3.63, 3.8) is 0 Å². The van der Waals surface area contributed by atoms with Crippen LogP contribution < -0.4 is 0 Å². The Morgan fingerprint density at radius 2 is 2.00 bits per heavy atom. The number of hydrogen-bond acceptors (Lipinski definition) is 0. The molecule has 1 aromatic rings. The Bertz CT molecular complexity index is 349. The zero-order valence-electron chi connectivity index (χ0n) is 8.19. The van der Waals surface area contributed by atoms with Gasteiger partial charge in [0, 0.05) is 0 Å². The lowest BCUT2D eigenvalue weighted by atomic mass is 10.00. The first kappa shape index (κ1) is 9.68. The van der Waals surface area contributed by atoms with Crippen LogP contribution in [0, 0.1) is 0 Å². The highest BCUT2D eigenvalue weighted by molar-refractivity contribution is 7.17. The van der Waals surface area contributed by atoms with Crippen LogP contribution in [0.5, 0.6) is 0 Å². The van der Waals surface area contributed by atoms with E-state index < -0.39 is 0 Å². The molecular formula is C13H15P. The second kappa shape index (κ2) is 4.57. The Balaban J connectivity index is 2.03. The fraction of sp³-hybridized carbons (Fsp3) is 0.231. The lowest BCUT2D eigenvalue weighted by Crippen LogP contribution is -1.98. The molecule has 0 N–H and O–H groups in total. The summed E-state index contributed by atoms with van der Waals surface area (Å²) in [4.78, 5) is 0. The third-order valence-electron chi connectivity index (χ3n) is 2.46. The molecule has 0 saturated carbocycles. The molecule has 1 aliphatic carbocycles. The van der Waals surface area contributed by atoms with Crippen LogP contribution in [0.3, 0.4) is 0 Å². The monoisotopic (exact) mass is 202 g/mol. The first-order chi connectivity index (χ1) is 6.84. The van der Waals surface area contributed by atoms with Gasteiger partial charge in [-0.15, -0.1) is 9.24 Å². The van der Waals surface area contributed by atoms with Crippen LogP contribution in [-0.4, -0.2) is 5.66 Å². The molecule has 0 amide bonds. The third kappa shape index (κ3) is 2.56. The van der Waals surface area contributed by atoms with E-state index in [0.717, 1.165) is 12.8 Å². The summed E-state index contributed by atoms with van der Waals surface area (Å²) in [5.41, 5.74) is 3.47.